The highest BCUT2D eigenvalue weighted by molar-refractivity contribution is 6.02. The Morgan fingerprint density at radius 1 is 0.921 bits per heavy atom. The molecular formula is C32H42N4O2. The third-order valence-corrected chi connectivity index (χ3v) is 9.69. The van der Waals surface area contributed by atoms with Crippen LogP contribution in [0.5, 0.6) is 0 Å². The summed E-state index contributed by atoms with van der Waals surface area (Å²) in [5, 5.41) is 9.67. The zero-order chi connectivity index (χ0) is 26.3. The Morgan fingerprint density at radius 3 is 2.18 bits per heavy atom. The Morgan fingerprint density at radius 2 is 1.55 bits per heavy atom. The van der Waals surface area contributed by atoms with E-state index in [1.165, 1.54) is 19.3 Å². The van der Waals surface area contributed by atoms with Gasteiger partial charge in [-0.2, -0.15) is 0 Å². The number of carbonyl (C=O) groups is 2. The molecule has 1 unspecified atom stereocenters. The van der Waals surface area contributed by atoms with Crippen LogP contribution in [0, 0.1) is 23.7 Å². The van der Waals surface area contributed by atoms with Crippen molar-refractivity contribution in [1.82, 2.24) is 10.6 Å². The lowest BCUT2D eigenvalue weighted by Crippen LogP contribution is -2.60. The molecule has 0 aromatic heterocycles. The summed E-state index contributed by atoms with van der Waals surface area (Å²) < 4.78 is 0. The first kappa shape index (κ1) is 25.3. The van der Waals surface area contributed by atoms with E-state index in [2.05, 4.69) is 27.8 Å². The fourth-order valence-electron chi connectivity index (χ4n) is 8.09. The number of anilines is 2. The molecule has 7 rings (SSSR count). The third kappa shape index (κ3) is 5.27. The van der Waals surface area contributed by atoms with Crippen LogP contribution in [0.1, 0.15) is 87.2 Å². The maximum Gasteiger partial charge on any atom is 0.319 e. The summed E-state index contributed by atoms with van der Waals surface area (Å²) >= 11 is 0. The first-order valence-electron chi connectivity index (χ1n) is 14.7. The van der Waals surface area contributed by atoms with Gasteiger partial charge in [-0.1, -0.05) is 37.3 Å². The van der Waals surface area contributed by atoms with Crippen LogP contribution in [0.4, 0.5) is 16.2 Å². The normalized spacial score (nSPS) is 29.1. The average Bonchev–Trinajstić information content (AvgIpc) is 2.88. The molecule has 38 heavy (non-hydrogen) atoms. The van der Waals surface area contributed by atoms with Crippen LogP contribution in [-0.4, -0.2) is 30.6 Å². The van der Waals surface area contributed by atoms with E-state index in [4.69, 9.17) is 0 Å². The quantitative estimate of drug-likeness (QED) is 0.412. The number of carbonyl (C=O) groups excluding carboxylic acids is 2. The molecule has 1 saturated heterocycles. The third-order valence-electron chi connectivity index (χ3n) is 9.69. The van der Waals surface area contributed by atoms with E-state index in [0.717, 1.165) is 74.2 Å². The summed E-state index contributed by atoms with van der Waals surface area (Å²) in [5.74, 6) is 2.91. The van der Waals surface area contributed by atoms with Crippen molar-refractivity contribution >= 4 is 23.3 Å². The van der Waals surface area contributed by atoms with Gasteiger partial charge in [-0.15, -0.1) is 0 Å². The van der Waals surface area contributed by atoms with Crippen molar-refractivity contribution in [3.05, 3.63) is 59.7 Å². The highest BCUT2D eigenvalue weighted by Crippen LogP contribution is 2.55. The highest BCUT2D eigenvalue weighted by atomic mass is 16.2. The molecule has 202 valence electrons. The lowest BCUT2D eigenvalue weighted by Gasteiger charge is -2.56. The molecule has 2 aromatic rings. The van der Waals surface area contributed by atoms with Gasteiger partial charge in [0.05, 0.1) is 11.6 Å². The summed E-state index contributed by atoms with van der Waals surface area (Å²) in [7, 11) is 0. The standard InChI is InChI=1S/C32H42N4O2/c1-21-10-12-36(13-11-21)29-9-8-27(17-28(29)30(37)33-22(2)26-6-4-3-5-7-26)34-31(38)35-32-18-23-14-24(19-32)16-25(15-23)20-32/h3-9,17,21-25H,10-16,18-20H2,1-2H3,(H,33,37)(H2,34,35,38). The van der Waals surface area contributed by atoms with Crippen molar-refractivity contribution in [3.63, 3.8) is 0 Å². The Labute approximate surface area is 226 Å². The molecule has 4 saturated carbocycles. The number of urea groups is 1. The van der Waals surface area contributed by atoms with Crippen molar-refractivity contribution < 1.29 is 9.59 Å². The number of benzene rings is 2. The zero-order valence-corrected chi connectivity index (χ0v) is 22.8. The van der Waals surface area contributed by atoms with E-state index in [9.17, 15) is 9.59 Å². The average molecular weight is 515 g/mol. The molecule has 2 aromatic carbocycles. The van der Waals surface area contributed by atoms with Gasteiger partial charge in [0.1, 0.15) is 0 Å². The van der Waals surface area contributed by atoms with E-state index in [1.807, 2.05) is 55.5 Å². The Hall–Kier alpha value is -3.02. The van der Waals surface area contributed by atoms with Crippen LogP contribution in [0.3, 0.4) is 0 Å². The monoisotopic (exact) mass is 514 g/mol. The molecule has 6 nitrogen and oxygen atoms in total. The van der Waals surface area contributed by atoms with Gasteiger partial charge < -0.3 is 20.9 Å². The maximum atomic E-state index is 13.6. The Bertz CT molecular complexity index is 1140. The van der Waals surface area contributed by atoms with Crippen molar-refractivity contribution in [2.45, 2.75) is 76.8 Å². The number of amides is 3. The van der Waals surface area contributed by atoms with Crippen LogP contribution in [0.2, 0.25) is 0 Å². The van der Waals surface area contributed by atoms with Gasteiger partial charge in [0.25, 0.3) is 5.91 Å². The van der Waals surface area contributed by atoms with Crippen molar-refractivity contribution in [2.75, 3.05) is 23.3 Å². The summed E-state index contributed by atoms with van der Waals surface area (Å²) in [6.45, 7) is 6.18. The summed E-state index contributed by atoms with van der Waals surface area (Å²) in [5.41, 5.74) is 3.25. The van der Waals surface area contributed by atoms with Crippen LogP contribution in [0.15, 0.2) is 48.5 Å². The molecule has 1 aliphatic heterocycles. The minimum atomic E-state index is -0.143. The van der Waals surface area contributed by atoms with Crippen LogP contribution < -0.4 is 20.9 Å². The first-order valence-corrected chi connectivity index (χ1v) is 14.7. The lowest BCUT2D eigenvalue weighted by molar-refractivity contribution is -0.0127. The number of nitrogens with zero attached hydrogens (tertiary/aromatic N) is 1. The van der Waals surface area contributed by atoms with Crippen LogP contribution in [0.25, 0.3) is 0 Å². The minimum Gasteiger partial charge on any atom is -0.371 e. The van der Waals surface area contributed by atoms with Gasteiger partial charge in [0, 0.05) is 30.0 Å². The maximum absolute atomic E-state index is 13.6. The predicted octanol–water partition coefficient (Wildman–Crippen LogP) is 6.50. The minimum absolute atomic E-state index is 0.0470. The molecule has 0 radical (unpaired) electrons. The zero-order valence-electron chi connectivity index (χ0n) is 22.8. The first-order chi connectivity index (χ1) is 18.4. The van der Waals surface area contributed by atoms with Crippen molar-refractivity contribution in [2.24, 2.45) is 23.7 Å². The van der Waals surface area contributed by atoms with Crippen LogP contribution in [-0.2, 0) is 0 Å². The topological polar surface area (TPSA) is 73.5 Å². The van der Waals surface area contributed by atoms with Crippen molar-refractivity contribution in [3.8, 4) is 0 Å². The molecule has 1 heterocycles. The molecule has 5 fully saturated rings. The van der Waals surface area contributed by atoms with Gasteiger partial charge in [-0.25, -0.2) is 4.79 Å². The number of nitrogens with one attached hydrogen (secondary N) is 3. The summed E-state index contributed by atoms with van der Waals surface area (Å²) in [6.07, 6.45) is 9.62. The molecule has 3 amide bonds. The predicted molar refractivity (Wildman–Crippen MR) is 152 cm³/mol. The smallest absolute Gasteiger partial charge is 0.319 e. The second kappa shape index (κ2) is 10.3. The van der Waals surface area contributed by atoms with E-state index in [0.29, 0.717) is 17.2 Å². The molecule has 6 heteroatoms. The molecule has 5 aliphatic rings. The SMILES string of the molecule is CC1CCN(c2ccc(NC(=O)NC34CC5CC(CC(C5)C3)C4)cc2C(=O)NC(C)c2ccccc2)CC1. The van der Waals surface area contributed by atoms with E-state index in [-0.39, 0.29) is 23.5 Å². The fraction of sp³-hybridized carbons (Fsp3) is 0.562. The highest BCUT2D eigenvalue weighted by Gasteiger charge is 2.51. The Kier molecular flexibility index (Phi) is 6.83. The lowest BCUT2D eigenvalue weighted by atomic mass is 9.53. The second-order valence-corrected chi connectivity index (χ2v) is 12.8. The molecular weight excluding hydrogens is 472 g/mol. The second-order valence-electron chi connectivity index (χ2n) is 12.8. The summed E-state index contributed by atoms with van der Waals surface area (Å²) in [6, 6.07) is 15.6. The number of rotatable bonds is 6. The van der Waals surface area contributed by atoms with E-state index < -0.39 is 0 Å². The molecule has 0 spiro atoms. The molecule has 1 atom stereocenters. The number of hydrogen-bond acceptors (Lipinski definition) is 3. The largest absolute Gasteiger partial charge is 0.371 e. The van der Waals surface area contributed by atoms with E-state index in [1.54, 1.807) is 0 Å². The van der Waals surface area contributed by atoms with Gasteiger partial charge in [0.15, 0.2) is 0 Å². The molecule has 4 bridgehead atoms. The van der Waals surface area contributed by atoms with Gasteiger partial charge in [-0.3, -0.25) is 4.79 Å². The molecule has 4 aliphatic carbocycles. The van der Waals surface area contributed by atoms with Gasteiger partial charge in [-0.05, 0) is 106 Å². The van der Waals surface area contributed by atoms with Crippen molar-refractivity contribution in [1.29, 1.82) is 0 Å². The molecule has 3 N–H and O–H groups in total. The van der Waals surface area contributed by atoms with E-state index >= 15 is 0 Å². The Balaban J connectivity index is 1.20. The fourth-order valence-corrected chi connectivity index (χ4v) is 8.09. The van der Waals surface area contributed by atoms with Gasteiger partial charge in [0.2, 0.25) is 0 Å². The van der Waals surface area contributed by atoms with Crippen LogP contribution >= 0.6 is 0 Å². The summed E-state index contributed by atoms with van der Waals surface area (Å²) in [4.78, 5) is 29.2. The number of piperidine rings is 1. The number of hydrogen-bond donors (Lipinski definition) is 3. The van der Waals surface area contributed by atoms with Gasteiger partial charge >= 0.3 is 6.03 Å².